The van der Waals surface area contributed by atoms with Crippen LogP contribution in [0.15, 0.2) is 22.7 Å². The van der Waals surface area contributed by atoms with Crippen LogP contribution in [0.5, 0.6) is 0 Å². The third-order valence-electron chi connectivity index (χ3n) is 2.08. The highest BCUT2D eigenvalue weighted by atomic mass is 35.5. The summed E-state index contributed by atoms with van der Waals surface area (Å²) in [4.78, 5) is 4.16. The maximum absolute atomic E-state index is 12.9. The van der Waals surface area contributed by atoms with E-state index in [0.717, 1.165) is 0 Å². The van der Waals surface area contributed by atoms with Crippen LogP contribution in [0.1, 0.15) is 20.8 Å². The van der Waals surface area contributed by atoms with E-state index in [9.17, 15) is 4.39 Å². The molecule has 0 unspecified atom stereocenters. The standard InChI is InChI=1S/C12H13ClFN3O/c1-12(2,3)16-11-15-10(17-18-11)8-5-4-7(14)6-9(8)13/h4-6H,1-3H3,(H,15,16,17). The summed E-state index contributed by atoms with van der Waals surface area (Å²) in [5.41, 5.74) is 0.347. The van der Waals surface area contributed by atoms with Crippen molar-refractivity contribution in [3.8, 4) is 11.4 Å². The van der Waals surface area contributed by atoms with Gasteiger partial charge < -0.3 is 9.84 Å². The molecule has 0 aliphatic rings. The monoisotopic (exact) mass is 269 g/mol. The van der Waals surface area contributed by atoms with Crippen LogP contribution in [0.4, 0.5) is 10.4 Å². The minimum atomic E-state index is -0.403. The molecule has 96 valence electrons. The maximum atomic E-state index is 12.9. The molecule has 0 fully saturated rings. The second-order valence-electron chi connectivity index (χ2n) is 4.92. The molecule has 18 heavy (non-hydrogen) atoms. The topological polar surface area (TPSA) is 51.0 Å². The second kappa shape index (κ2) is 4.57. The van der Waals surface area contributed by atoms with Crippen molar-refractivity contribution in [3.05, 3.63) is 29.0 Å². The Hall–Kier alpha value is -1.62. The Bertz CT molecular complexity index is 563. The summed E-state index contributed by atoms with van der Waals surface area (Å²) in [6.07, 6.45) is 0. The molecule has 0 amide bonds. The molecule has 0 saturated carbocycles. The van der Waals surface area contributed by atoms with Gasteiger partial charge in [-0.05, 0) is 39.0 Å². The molecule has 0 aliphatic carbocycles. The number of halogens is 2. The zero-order valence-electron chi connectivity index (χ0n) is 10.3. The van der Waals surface area contributed by atoms with Crippen LogP contribution in [-0.2, 0) is 0 Å². The van der Waals surface area contributed by atoms with Gasteiger partial charge in [0.15, 0.2) is 0 Å². The Kier molecular flexibility index (Phi) is 3.26. The van der Waals surface area contributed by atoms with E-state index in [4.69, 9.17) is 16.1 Å². The van der Waals surface area contributed by atoms with E-state index in [2.05, 4.69) is 15.5 Å². The van der Waals surface area contributed by atoms with Crippen LogP contribution in [0.25, 0.3) is 11.4 Å². The molecule has 0 atom stereocenters. The fourth-order valence-electron chi connectivity index (χ4n) is 1.38. The summed E-state index contributed by atoms with van der Waals surface area (Å²) in [6, 6.07) is 4.33. The maximum Gasteiger partial charge on any atom is 0.322 e. The molecular formula is C12H13ClFN3O. The predicted molar refractivity (Wildman–Crippen MR) is 68.1 cm³/mol. The molecule has 2 aromatic rings. The van der Waals surface area contributed by atoms with E-state index >= 15 is 0 Å². The number of aromatic nitrogens is 2. The number of nitrogens with zero attached hydrogens (tertiary/aromatic N) is 2. The predicted octanol–water partition coefficient (Wildman–Crippen LogP) is 3.74. The van der Waals surface area contributed by atoms with Gasteiger partial charge in [-0.25, -0.2) is 4.39 Å². The first-order valence-electron chi connectivity index (χ1n) is 5.42. The second-order valence-corrected chi connectivity index (χ2v) is 5.33. The Morgan fingerprint density at radius 3 is 2.67 bits per heavy atom. The molecule has 4 nitrogen and oxygen atoms in total. The van der Waals surface area contributed by atoms with Crippen LogP contribution in [0, 0.1) is 5.82 Å². The minimum absolute atomic E-state index is 0.184. The molecule has 1 heterocycles. The summed E-state index contributed by atoms with van der Waals surface area (Å²) in [6.45, 7) is 5.92. The normalized spacial score (nSPS) is 11.6. The van der Waals surface area contributed by atoms with Crippen LogP contribution < -0.4 is 5.32 Å². The average Bonchev–Trinajstić information content (AvgIpc) is 2.63. The van der Waals surface area contributed by atoms with E-state index in [0.29, 0.717) is 17.4 Å². The van der Waals surface area contributed by atoms with E-state index in [1.807, 2.05) is 20.8 Å². The summed E-state index contributed by atoms with van der Waals surface area (Å²) in [7, 11) is 0. The van der Waals surface area contributed by atoms with Crippen LogP contribution in [0.2, 0.25) is 5.02 Å². The SMILES string of the molecule is CC(C)(C)Nc1nc(-c2ccc(F)cc2Cl)no1. The van der Waals surface area contributed by atoms with Gasteiger partial charge in [0.05, 0.1) is 5.02 Å². The Balaban J connectivity index is 2.29. The highest BCUT2D eigenvalue weighted by molar-refractivity contribution is 6.33. The van der Waals surface area contributed by atoms with E-state index < -0.39 is 5.82 Å². The van der Waals surface area contributed by atoms with Crippen molar-refractivity contribution in [1.29, 1.82) is 0 Å². The Labute approximate surface area is 109 Å². The molecule has 1 aromatic carbocycles. The van der Waals surface area contributed by atoms with Gasteiger partial charge in [-0.1, -0.05) is 16.8 Å². The number of anilines is 1. The van der Waals surface area contributed by atoms with Crippen molar-refractivity contribution in [3.63, 3.8) is 0 Å². The summed E-state index contributed by atoms with van der Waals surface area (Å²) in [5, 5.41) is 7.10. The Morgan fingerprint density at radius 1 is 1.33 bits per heavy atom. The van der Waals surface area contributed by atoms with E-state index in [1.54, 1.807) is 0 Å². The highest BCUT2D eigenvalue weighted by Crippen LogP contribution is 2.27. The Morgan fingerprint density at radius 2 is 2.06 bits per heavy atom. The molecular weight excluding hydrogens is 257 g/mol. The van der Waals surface area contributed by atoms with Gasteiger partial charge >= 0.3 is 6.01 Å². The number of hydrogen-bond donors (Lipinski definition) is 1. The van der Waals surface area contributed by atoms with Crippen molar-refractivity contribution in [2.24, 2.45) is 0 Å². The quantitative estimate of drug-likeness (QED) is 0.902. The van der Waals surface area contributed by atoms with Gasteiger partial charge in [0.2, 0.25) is 5.82 Å². The van der Waals surface area contributed by atoms with Crippen molar-refractivity contribution in [2.45, 2.75) is 26.3 Å². The van der Waals surface area contributed by atoms with Crippen LogP contribution >= 0.6 is 11.6 Å². The number of benzene rings is 1. The van der Waals surface area contributed by atoms with Crippen molar-refractivity contribution in [2.75, 3.05) is 5.32 Å². The molecule has 0 saturated heterocycles. The molecule has 1 aromatic heterocycles. The largest absolute Gasteiger partial charge is 0.333 e. The molecule has 0 bridgehead atoms. The molecule has 2 rings (SSSR count). The third kappa shape index (κ3) is 2.98. The summed E-state index contributed by atoms with van der Waals surface area (Å²) in [5.74, 6) is -0.0768. The van der Waals surface area contributed by atoms with Crippen molar-refractivity contribution < 1.29 is 8.91 Å². The minimum Gasteiger partial charge on any atom is -0.333 e. The number of hydrogen-bond acceptors (Lipinski definition) is 4. The summed E-state index contributed by atoms with van der Waals surface area (Å²) >= 11 is 5.92. The van der Waals surface area contributed by atoms with Crippen molar-refractivity contribution >= 4 is 17.6 Å². The van der Waals surface area contributed by atoms with E-state index in [-0.39, 0.29) is 10.6 Å². The molecule has 0 radical (unpaired) electrons. The fraction of sp³-hybridized carbons (Fsp3) is 0.333. The summed E-state index contributed by atoms with van der Waals surface area (Å²) < 4.78 is 18.0. The lowest BCUT2D eigenvalue weighted by Gasteiger charge is -2.17. The first-order valence-corrected chi connectivity index (χ1v) is 5.80. The highest BCUT2D eigenvalue weighted by Gasteiger charge is 2.16. The van der Waals surface area contributed by atoms with Gasteiger partial charge in [-0.2, -0.15) is 4.98 Å². The number of rotatable bonds is 2. The van der Waals surface area contributed by atoms with Gasteiger partial charge in [-0.3, -0.25) is 0 Å². The first-order chi connectivity index (χ1) is 8.35. The zero-order chi connectivity index (χ0) is 13.3. The average molecular weight is 270 g/mol. The number of nitrogens with one attached hydrogen (secondary N) is 1. The molecule has 0 spiro atoms. The first kappa shape index (κ1) is 12.8. The lowest BCUT2D eigenvalue weighted by Crippen LogP contribution is -2.26. The van der Waals surface area contributed by atoms with Gasteiger partial charge in [0.25, 0.3) is 0 Å². The smallest absolute Gasteiger partial charge is 0.322 e. The molecule has 1 N–H and O–H groups in total. The van der Waals surface area contributed by atoms with Gasteiger partial charge in [0, 0.05) is 11.1 Å². The lowest BCUT2D eigenvalue weighted by molar-refractivity contribution is 0.420. The molecule has 6 heteroatoms. The lowest BCUT2D eigenvalue weighted by atomic mass is 10.1. The van der Waals surface area contributed by atoms with Gasteiger partial charge in [0.1, 0.15) is 5.82 Å². The fourth-order valence-corrected chi connectivity index (χ4v) is 1.63. The van der Waals surface area contributed by atoms with Crippen LogP contribution in [-0.4, -0.2) is 15.7 Å². The van der Waals surface area contributed by atoms with E-state index in [1.165, 1.54) is 18.2 Å². The molecule has 0 aliphatic heterocycles. The zero-order valence-corrected chi connectivity index (χ0v) is 11.0. The van der Waals surface area contributed by atoms with Crippen molar-refractivity contribution in [1.82, 2.24) is 10.1 Å². The van der Waals surface area contributed by atoms with Crippen LogP contribution in [0.3, 0.4) is 0 Å². The third-order valence-corrected chi connectivity index (χ3v) is 2.39. The van der Waals surface area contributed by atoms with Gasteiger partial charge in [-0.15, -0.1) is 0 Å².